The lowest BCUT2D eigenvalue weighted by Crippen LogP contribution is -2.39. The molecule has 0 fully saturated rings. The highest BCUT2D eigenvalue weighted by Gasteiger charge is 2.22. The number of hydrogen-bond donors (Lipinski definition) is 1. The molecule has 2 aromatic carbocycles. The topological polar surface area (TPSA) is 88.3 Å². The van der Waals surface area contributed by atoms with Crippen molar-refractivity contribution < 1.29 is 4.39 Å². The fraction of sp³-hybridized carbons (Fsp3) is 0.385. The van der Waals surface area contributed by atoms with Crippen molar-refractivity contribution in [2.24, 2.45) is 0 Å². The van der Waals surface area contributed by atoms with Gasteiger partial charge in [0.15, 0.2) is 11.5 Å². The van der Waals surface area contributed by atoms with E-state index >= 15 is 0 Å². The lowest BCUT2D eigenvalue weighted by atomic mass is 10.2. The van der Waals surface area contributed by atoms with E-state index in [4.69, 9.17) is 0 Å². The molecule has 0 bridgehead atoms. The van der Waals surface area contributed by atoms with E-state index in [0.717, 1.165) is 36.3 Å². The molecule has 0 saturated heterocycles. The number of anilines is 1. The Balaban J connectivity index is 1.86. The molecule has 0 spiro atoms. The van der Waals surface area contributed by atoms with Crippen molar-refractivity contribution >= 4 is 16.7 Å². The van der Waals surface area contributed by atoms with Gasteiger partial charge >= 0.3 is 5.69 Å². The van der Waals surface area contributed by atoms with Gasteiger partial charge in [0, 0.05) is 24.5 Å². The van der Waals surface area contributed by atoms with Gasteiger partial charge in [0.25, 0.3) is 5.56 Å². The zero-order chi connectivity index (χ0) is 25.8. The third kappa shape index (κ3) is 5.60. The maximum atomic E-state index is 13.7. The average molecular weight is 494 g/mol. The van der Waals surface area contributed by atoms with Gasteiger partial charge in [-0.3, -0.25) is 13.9 Å². The number of rotatable bonds is 10. The molecule has 190 valence electrons. The van der Waals surface area contributed by atoms with Gasteiger partial charge in [0.05, 0.1) is 11.0 Å². The Bertz CT molecular complexity index is 1430. The molecule has 10 heteroatoms. The van der Waals surface area contributed by atoms with E-state index in [-0.39, 0.29) is 23.9 Å². The molecule has 0 atom stereocenters. The molecule has 4 rings (SSSR count). The van der Waals surface area contributed by atoms with Crippen LogP contribution in [0.15, 0.2) is 52.1 Å². The van der Waals surface area contributed by atoms with Crippen LogP contribution in [0.2, 0.25) is 0 Å². The highest BCUT2D eigenvalue weighted by atomic mass is 19.1. The highest BCUT2D eigenvalue weighted by Crippen LogP contribution is 2.27. The third-order valence-corrected chi connectivity index (χ3v) is 5.94. The predicted molar refractivity (Wildman–Crippen MR) is 141 cm³/mol. The quantitative estimate of drug-likeness (QED) is 0.268. The van der Waals surface area contributed by atoms with Gasteiger partial charge in [-0.2, -0.15) is 4.98 Å². The first kappa shape index (κ1) is 25.5. The maximum Gasteiger partial charge on any atom is 0.352 e. The molecule has 0 amide bonds. The monoisotopic (exact) mass is 493 g/mol. The van der Waals surface area contributed by atoms with Crippen molar-refractivity contribution in [3.05, 3.63) is 69.1 Å². The molecule has 2 heterocycles. The summed E-state index contributed by atoms with van der Waals surface area (Å²) in [5.74, 6) is -0.233. The first-order valence-electron chi connectivity index (χ1n) is 12.0. The Morgan fingerprint density at radius 1 is 0.917 bits per heavy atom. The maximum absolute atomic E-state index is 13.7. The number of nitrogens with zero attached hydrogens (tertiary/aromatic N) is 6. The summed E-state index contributed by atoms with van der Waals surface area (Å²) in [4.78, 5) is 39.3. The van der Waals surface area contributed by atoms with Crippen LogP contribution < -0.4 is 16.6 Å². The van der Waals surface area contributed by atoms with Gasteiger partial charge < -0.3 is 15.1 Å². The van der Waals surface area contributed by atoms with Crippen molar-refractivity contribution in [3.63, 3.8) is 0 Å². The second kappa shape index (κ2) is 11.0. The van der Waals surface area contributed by atoms with E-state index in [1.54, 1.807) is 16.7 Å². The first-order valence-corrected chi connectivity index (χ1v) is 12.0. The van der Waals surface area contributed by atoms with Gasteiger partial charge in [0.1, 0.15) is 5.82 Å². The summed E-state index contributed by atoms with van der Waals surface area (Å²) in [7, 11) is 7.94. The molecule has 0 saturated carbocycles. The smallest absolute Gasteiger partial charge is 0.352 e. The fourth-order valence-corrected chi connectivity index (χ4v) is 4.13. The standard InChI is InChI=1S/C26H32FN7O2/c1-31(2)14-5-13-28-19-9-12-21-22(17-19)34(20-10-7-18(27)8-11-20)24-23(29-21)25(35)33(26(36)30-24)16-6-15-32(3)4/h7-12,17,28H,5-6,13-16H2,1-4H3. The van der Waals surface area contributed by atoms with Crippen LogP contribution in [0.5, 0.6) is 0 Å². The summed E-state index contributed by atoms with van der Waals surface area (Å²) >= 11 is 0. The van der Waals surface area contributed by atoms with Crippen LogP contribution in [-0.2, 0) is 6.54 Å². The van der Waals surface area contributed by atoms with Gasteiger partial charge in [0.2, 0.25) is 0 Å². The van der Waals surface area contributed by atoms with E-state index in [9.17, 15) is 14.0 Å². The SMILES string of the molecule is CN(C)CCCNc1ccc2nc3c(=O)n(CCCN(C)C)c(=O)nc-3n(-c3ccc(F)cc3)c2c1. The van der Waals surface area contributed by atoms with Crippen molar-refractivity contribution in [1.82, 2.24) is 28.9 Å². The Labute approximate surface area is 209 Å². The molecule has 0 unspecified atom stereocenters. The lowest BCUT2D eigenvalue weighted by molar-refractivity contribution is 0.382. The zero-order valence-corrected chi connectivity index (χ0v) is 21.2. The summed E-state index contributed by atoms with van der Waals surface area (Å²) in [5, 5.41) is 3.41. The van der Waals surface area contributed by atoms with E-state index in [1.165, 1.54) is 12.1 Å². The van der Waals surface area contributed by atoms with E-state index in [0.29, 0.717) is 23.1 Å². The molecule has 0 radical (unpaired) electrons. The fourth-order valence-electron chi connectivity index (χ4n) is 4.13. The first-order chi connectivity index (χ1) is 17.2. The Morgan fingerprint density at radius 3 is 2.31 bits per heavy atom. The van der Waals surface area contributed by atoms with Crippen LogP contribution in [0.1, 0.15) is 12.8 Å². The van der Waals surface area contributed by atoms with E-state index < -0.39 is 11.2 Å². The van der Waals surface area contributed by atoms with Crippen molar-refractivity contribution in [2.75, 3.05) is 53.1 Å². The van der Waals surface area contributed by atoms with Gasteiger partial charge in [-0.25, -0.2) is 14.2 Å². The van der Waals surface area contributed by atoms with Crippen LogP contribution in [0.3, 0.4) is 0 Å². The second-order valence-electron chi connectivity index (χ2n) is 9.39. The summed E-state index contributed by atoms with van der Waals surface area (Å²) in [6.07, 6.45) is 1.59. The second-order valence-corrected chi connectivity index (χ2v) is 9.39. The van der Waals surface area contributed by atoms with Crippen LogP contribution >= 0.6 is 0 Å². The largest absolute Gasteiger partial charge is 0.385 e. The third-order valence-electron chi connectivity index (χ3n) is 5.94. The van der Waals surface area contributed by atoms with Crippen LogP contribution in [0.4, 0.5) is 10.1 Å². The summed E-state index contributed by atoms with van der Waals surface area (Å²) in [5.41, 5.74) is 1.68. The van der Waals surface area contributed by atoms with E-state index in [1.807, 2.05) is 51.3 Å². The minimum Gasteiger partial charge on any atom is -0.385 e. The molecule has 2 aromatic rings. The number of nitrogens with one attached hydrogen (secondary N) is 1. The van der Waals surface area contributed by atoms with Gasteiger partial charge in [-0.1, -0.05) is 0 Å². The minimum absolute atomic E-state index is 0.1000. The molecule has 0 aliphatic carbocycles. The van der Waals surface area contributed by atoms with Gasteiger partial charge in [-0.05, 0) is 96.6 Å². The van der Waals surface area contributed by atoms with Crippen LogP contribution in [0, 0.1) is 5.82 Å². The Morgan fingerprint density at radius 2 is 1.61 bits per heavy atom. The number of benzene rings is 2. The lowest BCUT2D eigenvalue weighted by Gasteiger charge is -2.19. The Kier molecular flexibility index (Phi) is 7.76. The zero-order valence-electron chi connectivity index (χ0n) is 21.2. The highest BCUT2D eigenvalue weighted by molar-refractivity contribution is 5.84. The molecule has 0 aromatic heterocycles. The number of halogens is 1. The van der Waals surface area contributed by atoms with Crippen LogP contribution in [-0.4, -0.2) is 76.7 Å². The molecule has 36 heavy (non-hydrogen) atoms. The number of hydrogen-bond acceptors (Lipinski definition) is 7. The Hall–Kier alpha value is -3.63. The van der Waals surface area contributed by atoms with Crippen molar-refractivity contribution in [3.8, 4) is 17.2 Å². The average Bonchev–Trinajstić information content (AvgIpc) is 2.83. The van der Waals surface area contributed by atoms with Crippen LogP contribution in [0.25, 0.3) is 28.2 Å². The minimum atomic E-state index is -0.624. The normalized spacial score (nSPS) is 11.8. The van der Waals surface area contributed by atoms with Crippen molar-refractivity contribution in [1.29, 1.82) is 0 Å². The summed E-state index contributed by atoms with van der Waals surface area (Å²) in [6, 6.07) is 11.5. The number of aromatic nitrogens is 4. The molecule has 2 aliphatic heterocycles. The van der Waals surface area contributed by atoms with Crippen molar-refractivity contribution in [2.45, 2.75) is 19.4 Å². The molecule has 2 aliphatic rings. The van der Waals surface area contributed by atoms with Gasteiger partial charge in [-0.15, -0.1) is 0 Å². The summed E-state index contributed by atoms with van der Waals surface area (Å²) in [6.45, 7) is 2.72. The van der Waals surface area contributed by atoms with E-state index in [2.05, 4.69) is 20.2 Å². The number of fused-ring (bicyclic) bond motifs is 2. The predicted octanol–water partition coefficient (Wildman–Crippen LogP) is 2.50. The molecule has 9 nitrogen and oxygen atoms in total. The summed E-state index contributed by atoms with van der Waals surface area (Å²) < 4.78 is 16.6. The molecular formula is C26H32FN7O2. The molecular weight excluding hydrogens is 461 g/mol. The molecule has 1 N–H and O–H groups in total.